The Morgan fingerprint density at radius 2 is 1.71 bits per heavy atom. The molecule has 2 aliphatic rings. The van der Waals surface area contributed by atoms with E-state index in [0.717, 1.165) is 22.4 Å². The predicted octanol–water partition coefficient (Wildman–Crippen LogP) is 3.25. The van der Waals surface area contributed by atoms with Crippen molar-refractivity contribution in [3.8, 4) is 5.75 Å². The number of aliphatic carboxylic acids is 1. The van der Waals surface area contributed by atoms with Gasteiger partial charge < -0.3 is 14.7 Å². The lowest BCUT2D eigenvalue weighted by Crippen LogP contribution is -2.51. The van der Waals surface area contributed by atoms with Gasteiger partial charge in [-0.3, -0.25) is 9.59 Å². The number of hydrogen-bond acceptors (Lipinski definition) is 3. The number of piperidine rings is 1. The minimum Gasteiger partial charge on any atom is -0.481 e. The molecule has 2 aliphatic heterocycles. The van der Waals surface area contributed by atoms with Gasteiger partial charge in [0.15, 0.2) is 6.10 Å². The molecule has 1 N–H and O–H groups in total. The van der Waals surface area contributed by atoms with Crippen LogP contribution in [-0.2, 0) is 21.4 Å². The van der Waals surface area contributed by atoms with Gasteiger partial charge in [-0.1, -0.05) is 36.4 Å². The molecule has 146 valence electrons. The average Bonchev–Trinajstić information content (AvgIpc) is 3.11. The minimum absolute atomic E-state index is 0.0430. The maximum absolute atomic E-state index is 13.0. The number of benzene rings is 2. The molecule has 1 saturated heterocycles. The molecule has 4 rings (SSSR count). The summed E-state index contributed by atoms with van der Waals surface area (Å²) in [6, 6.07) is 13.4. The van der Waals surface area contributed by atoms with Gasteiger partial charge in [0.25, 0.3) is 5.91 Å². The van der Waals surface area contributed by atoms with E-state index in [1.165, 1.54) is 5.56 Å². The topological polar surface area (TPSA) is 66.8 Å². The molecule has 0 aromatic heterocycles. The van der Waals surface area contributed by atoms with Gasteiger partial charge in [0.05, 0.1) is 5.41 Å². The maximum atomic E-state index is 13.0. The zero-order valence-electron chi connectivity index (χ0n) is 16.3. The van der Waals surface area contributed by atoms with Crippen molar-refractivity contribution in [1.82, 2.24) is 4.90 Å². The van der Waals surface area contributed by atoms with Crippen molar-refractivity contribution in [2.45, 2.75) is 44.6 Å². The molecule has 0 saturated carbocycles. The Balaban J connectivity index is 1.47. The predicted molar refractivity (Wildman–Crippen MR) is 106 cm³/mol. The summed E-state index contributed by atoms with van der Waals surface area (Å²) in [6.07, 6.45) is 0.894. The second-order valence-electron chi connectivity index (χ2n) is 7.93. The van der Waals surface area contributed by atoms with Gasteiger partial charge in [0.2, 0.25) is 0 Å². The molecular weight excluding hydrogens is 354 g/mol. The second kappa shape index (κ2) is 6.97. The van der Waals surface area contributed by atoms with Crippen LogP contribution in [0.4, 0.5) is 0 Å². The van der Waals surface area contributed by atoms with Crippen LogP contribution in [0.25, 0.3) is 0 Å². The fraction of sp³-hybridized carbons (Fsp3) is 0.391. The lowest BCUT2D eigenvalue weighted by molar-refractivity contribution is -0.149. The summed E-state index contributed by atoms with van der Waals surface area (Å²) < 4.78 is 5.93. The number of carboxylic acids is 1. The Hall–Kier alpha value is -2.82. The molecule has 0 spiro atoms. The monoisotopic (exact) mass is 379 g/mol. The first-order valence-corrected chi connectivity index (χ1v) is 9.75. The molecule has 2 aromatic carbocycles. The molecule has 1 unspecified atom stereocenters. The van der Waals surface area contributed by atoms with Crippen molar-refractivity contribution >= 4 is 11.9 Å². The van der Waals surface area contributed by atoms with Crippen LogP contribution < -0.4 is 4.74 Å². The van der Waals surface area contributed by atoms with Crippen LogP contribution in [0.3, 0.4) is 0 Å². The first kappa shape index (κ1) is 18.5. The van der Waals surface area contributed by atoms with E-state index in [0.29, 0.717) is 32.4 Å². The van der Waals surface area contributed by atoms with Crippen molar-refractivity contribution in [3.63, 3.8) is 0 Å². The van der Waals surface area contributed by atoms with Crippen LogP contribution >= 0.6 is 0 Å². The van der Waals surface area contributed by atoms with Crippen LogP contribution in [-0.4, -0.2) is 41.1 Å². The lowest BCUT2D eigenvalue weighted by atomic mass is 9.72. The molecular formula is C23H25NO4. The molecule has 1 atom stereocenters. The Labute approximate surface area is 164 Å². The molecule has 0 bridgehead atoms. The number of ether oxygens (including phenoxy) is 1. The minimum atomic E-state index is -0.925. The van der Waals surface area contributed by atoms with Crippen LogP contribution in [0.1, 0.15) is 35.1 Å². The standard InChI is InChI=1S/C23H25NO4/c1-15-12-17-14-20(28-19(17)13-16(15)2)21(25)24-10-8-23(9-11-24,22(26)27)18-6-4-3-5-7-18/h3-7,12-13,20H,8-11,14H2,1-2H3,(H,26,27). The van der Waals surface area contributed by atoms with E-state index in [2.05, 4.69) is 13.0 Å². The highest BCUT2D eigenvalue weighted by atomic mass is 16.5. The van der Waals surface area contributed by atoms with E-state index in [1.807, 2.05) is 43.3 Å². The summed E-state index contributed by atoms with van der Waals surface area (Å²) in [6.45, 7) is 4.95. The zero-order chi connectivity index (χ0) is 19.9. The van der Waals surface area contributed by atoms with E-state index in [4.69, 9.17) is 4.74 Å². The molecule has 1 fully saturated rings. The molecule has 5 heteroatoms. The summed E-state index contributed by atoms with van der Waals surface area (Å²) in [7, 11) is 0. The van der Waals surface area contributed by atoms with Gasteiger partial charge in [-0.05, 0) is 55.0 Å². The van der Waals surface area contributed by atoms with E-state index >= 15 is 0 Å². The first-order valence-electron chi connectivity index (χ1n) is 9.75. The highest BCUT2D eigenvalue weighted by Gasteiger charge is 2.45. The lowest BCUT2D eigenvalue weighted by Gasteiger charge is -2.39. The first-order chi connectivity index (χ1) is 13.4. The van der Waals surface area contributed by atoms with Crippen LogP contribution in [0.5, 0.6) is 5.75 Å². The largest absolute Gasteiger partial charge is 0.481 e. The third kappa shape index (κ3) is 3.05. The summed E-state index contributed by atoms with van der Waals surface area (Å²) in [5.41, 5.74) is 3.31. The van der Waals surface area contributed by atoms with E-state index in [9.17, 15) is 14.7 Å². The smallest absolute Gasteiger partial charge is 0.314 e. The van der Waals surface area contributed by atoms with Gasteiger partial charge in [0, 0.05) is 19.5 Å². The summed E-state index contributed by atoms with van der Waals surface area (Å²) in [4.78, 5) is 26.9. The van der Waals surface area contributed by atoms with Crippen molar-refractivity contribution in [3.05, 3.63) is 64.7 Å². The van der Waals surface area contributed by atoms with Crippen molar-refractivity contribution < 1.29 is 19.4 Å². The Morgan fingerprint density at radius 1 is 1.07 bits per heavy atom. The van der Waals surface area contributed by atoms with E-state index < -0.39 is 17.5 Å². The molecule has 1 amide bonds. The molecule has 28 heavy (non-hydrogen) atoms. The van der Waals surface area contributed by atoms with Crippen molar-refractivity contribution in [2.24, 2.45) is 0 Å². The Bertz CT molecular complexity index is 883. The van der Waals surface area contributed by atoms with Gasteiger partial charge >= 0.3 is 5.97 Å². The number of rotatable bonds is 3. The summed E-state index contributed by atoms with van der Waals surface area (Å²) in [5, 5.41) is 9.92. The molecule has 5 nitrogen and oxygen atoms in total. The van der Waals surface area contributed by atoms with Crippen molar-refractivity contribution in [2.75, 3.05) is 13.1 Å². The molecule has 0 radical (unpaired) electrons. The third-order valence-electron chi connectivity index (χ3n) is 6.29. The van der Waals surface area contributed by atoms with Crippen molar-refractivity contribution in [1.29, 1.82) is 0 Å². The fourth-order valence-electron chi connectivity index (χ4n) is 4.35. The fourth-order valence-corrected chi connectivity index (χ4v) is 4.35. The number of carbonyl (C=O) groups excluding carboxylic acids is 1. The van der Waals surface area contributed by atoms with E-state index in [1.54, 1.807) is 4.90 Å². The molecule has 0 aliphatic carbocycles. The summed E-state index contributed by atoms with van der Waals surface area (Å²) in [5.74, 6) is -0.0672. The highest BCUT2D eigenvalue weighted by Crippen LogP contribution is 2.37. The Morgan fingerprint density at radius 3 is 2.36 bits per heavy atom. The van der Waals surface area contributed by atoms with Gasteiger partial charge in [0.1, 0.15) is 5.75 Å². The quantitative estimate of drug-likeness (QED) is 0.889. The number of nitrogens with zero attached hydrogens (tertiary/aromatic N) is 1. The SMILES string of the molecule is Cc1cc2c(cc1C)OC(C(=O)N1CCC(C(=O)O)(c3ccccc3)CC1)C2. The van der Waals surface area contributed by atoms with Crippen LogP contribution in [0.2, 0.25) is 0 Å². The number of fused-ring (bicyclic) bond motifs is 1. The van der Waals surface area contributed by atoms with Gasteiger partial charge in [-0.25, -0.2) is 0 Å². The average molecular weight is 379 g/mol. The highest BCUT2D eigenvalue weighted by molar-refractivity contribution is 5.85. The maximum Gasteiger partial charge on any atom is 0.314 e. The summed E-state index contributed by atoms with van der Waals surface area (Å²) >= 11 is 0. The molecule has 2 heterocycles. The normalized spacial score (nSPS) is 20.4. The number of aryl methyl sites for hydroxylation is 2. The number of hydrogen-bond donors (Lipinski definition) is 1. The third-order valence-corrected chi connectivity index (χ3v) is 6.29. The number of likely N-dealkylation sites (tertiary alicyclic amines) is 1. The number of amides is 1. The number of carboxylic acid groups (broad SMARTS) is 1. The molecule has 2 aromatic rings. The second-order valence-corrected chi connectivity index (χ2v) is 7.93. The Kier molecular flexibility index (Phi) is 4.61. The van der Waals surface area contributed by atoms with Crippen LogP contribution in [0.15, 0.2) is 42.5 Å². The number of carbonyl (C=O) groups is 2. The van der Waals surface area contributed by atoms with Gasteiger partial charge in [-0.15, -0.1) is 0 Å². The van der Waals surface area contributed by atoms with E-state index in [-0.39, 0.29) is 5.91 Å². The van der Waals surface area contributed by atoms with Gasteiger partial charge in [-0.2, -0.15) is 0 Å². The van der Waals surface area contributed by atoms with Crippen LogP contribution in [0, 0.1) is 13.8 Å². The zero-order valence-corrected chi connectivity index (χ0v) is 16.3.